The fourth-order valence-electron chi connectivity index (χ4n) is 3.36. The van der Waals surface area contributed by atoms with E-state index in [0.29, 0.717) is 26.2 Å². The van der Waals surface area contributed by atoms with Gasteiger partial charge < -0.3 is 20.3 Å². The van der Waals surface area contributed by atoms with Crippen molar-refractivity contribution in [3.63, 3.8) is 0 Å². The predicted octanol–water partition coefficient (Wildman–Crippen LogP) is 1.66. The molecule has 0 aromatic heterocycles. The van der Waals surface area contributed by atoms with Gasteiger partial charge in [0.25, 0.3) is 0 Å². The first-order valence-corrected chi connectivity index (χ1v) is 8.65. The van der Waals surface area contributed by atoms with Crippen molar-refractivity contribution < 1.29 is 14.3 Å². The van der Waals surface area contributed by atoms with Crippen molar-refractivity contribution in [3.05, 3.63) is 30.3 Å². The topological polar surface area (TPSA) is 70.7 Å². The maximum absolute atomic E-state index is 12.7. The number of anilines is 1. The van der Waals surface area contributed by atoms with Crippen molar-refractivity contribution in [2.45, 2.75) is 31.9 Å². The highest BCUT2D eigenvalue weighted by Crippen LogP contribution is 2.20. The fraction of sp³-hybridized carbons (Fsp3) is 0.556. The average molecular weight is 368 g/mol. The van der Waals surface area contributed by atoms with Crippen LogP contribution >= 0.6 is 12.4 Å². The maximum Gasteiger partial charge on any atom is 0.242 e. The number of nitrogens with zero attached hydrogens (tertiary/aromatic N) is 1. The molecule has 0 aliphatic carbocycles. The van der Waals surface area contributed by atoms with E-state index >= 15 is 0 Å². The molecule has 25 heavy (non-hydrogen) atoms. The number of rotatable bonds is 3. The number of likely N-dealkylation sites (tertiary alicyclic amines) is 1. The highest BCUT2D eigenvalue weighted by molar-refractivity contribution is 5.93. The minimum absolute atomic E-state index is 0. The summed E-state index contributed by atoms with van der Waals surface area (Å²) in [6.45, 7) is 4.42. The molecule has 2 heterocycles. The Morgan fingerprint density at radius 2 is 2.04 bits per heavy atom. The molecule has 2 aliphatic rings. The second-order valence-electron chi connectivity index (χ2n) is 6.49. The number of halogens is 1. The van der Waals surface area contributed by atoms with E-state index in [1.54, 1.807) is 0 Å². The largest absolute Gasteiger partial charge is 0.375 e. The van der Waals surface area contributed by atoms with E-state index in [2.05, 4.69) is 10.6 Å². The van der Waals surface area contributed by atoms with Crippen LogP contribution in [0.25, 0.3) is 0 Å². The van der Waals surface area contributed by atoms with Gasteiger partial charge in [-0.25, -0.2) is 0 Å². The van der Waals surface area contributed by atoms with Crippen LogP contribution in [-0.4, -0.2) is 55.1 Å². The molecule has 0 bridgehead atoms. The monoisotopic (exact) mass is 367 g/mol. The summed E-state index contributed by atoms with van der Waals surface area (Å²) in [5, 5.41) is 6.18. The Balaban J connectivity index is 0.00000225. The first-order chi connectivity index (χ1) is 11.6. The SMILES string of the molecule is C[C@H]1OCCN[C@@H]1C(=O)N1CCCC(C(=O)Nc2ccccc2)C1.Cl. The molecule has 0 radical (unpaired) electrons. The highest BCUT2D eigenvalue weighted by atomic mass is 35.5. The zero-order valence-electron chi connectivity index (χ0n) is 14.4. The lowest BCUT2D eigenvalue weighted by atomic mass is 9.95. The van der Waals surface area contributed by atoms with Gasteiger partial charge in [0.15, 0.2) is 0 Å². The maximum atomic E-state index is 12.7. The first-order valence-electron chi connectivity index (χ1n) is 8.65. The van der Waals surface area contributed by atoms with E-state index in [1.807, 2.05) is 42.2 Å². The fourth-order valence-corrected chi connectivity index (χ4v) is 3.36. The van der Waals surface area contributed by atoms with Crippen molar-refractivity contribution in [1.82, 2.24) is 10.2 Å². The number of morpholine rings is 1. The second kappa shape index (κ2) is 9.17. The van der Waals surface area contributed by atoms with Gasteiger partial charge in [-0.05, 0) is 31.9 Å². The quantitative estimate of drug-likeness (QED) is 0.852. The molecule has 1 aromatic rings. The zero-order valence-corrected chi connectivity index (χ0v) is 15.3. The Bertz CT molecular complexity index is 584. The minimum Gasteiger partial charge on any atom is -0.375 e. The lowest BCUT2D eigenvalue weighted by Crippen LogP contribution is -2.58. The Morgan fingerprint density at radius 3 is 2.76 bits per heavy atom. The lowest BCUT2D eigenvalue weighted by molar-refractivity contribution is -0.142. The number of amides is 2. The van der Waals surface area contributed by atoms with Crippen LogP contribution in [0.5, 0.6) is 0 Å². The first kappa shape index (κ1) is 19.7. The molecule has 3 atom stereocenters. The van der Waals surface area contributed by atoms with Gasteiger partial charge in [0.05, 0.1) is 18.6 Å². The van der Waals surface area contributed by atoms with Crippen molar-refractivity contribution in [2.75, 3.05) is 31.6 Å². The molecule has 6 nitrogen and oxygen atoms in total. The van der Waals surface area contributed by atoms with Crippen LogP contribution in [0.15, 0.2) is 30.3 Å². The number of carbonyl (C=O) groups is 2. The van der Waals surface area contributed by atoms with Crippen LogP contribution < -0.4 is 10.6 Å². The van der Waals surface area contributed by atoms with Gasteiger partial charge >= 0.3 is 0 Å². The second-order valence-corrected chi connectivity index (χ2v) is 6.49. The molecule has 2 fully saturated rings. The van der Waals surface area contributed by atoms with E-state index in [0.717, 1.165) is 18.5 Å². The molecule has 2 aliphatic heterocycles. The summed E-state index contributed by atoms with van der Waals surface area (Å²) in [5.74, 6) is -0.137. The van der Waals surface area contributed by atoms with Gasteiger partial charge in [-0.3, -0.25) is 9.59 Å². The van der Waals surface area contributed by atoms with E-state index in [9.17, 15) is 9.59 Å². The average Bonchev–Trinajstić information content (AvgIpc) is 2.62. The summed E-state index contributed by atoms with van der Waals surface area (Å²) in [6, 6.07) is 9.13. The van der Waals surface area contributed by atoms with Crippen LogP contribution in [0.1, 0.15) is 19.8 Å². The minimum atomic E-state index is -0.310. The molecule has 7 heteroatoms. The van der Waals surface area contributed by atoms with Crippen molar-refractivity contribution >= 4 is 29.9 Å². The van der Waals surface area contributed by atoms with E-state index in [-0.39, 0.29) is 42.3 Å². The normalized spacial score (nSPS) is 26.4. The van der Waals surface area contributed by atoms with Gasteiger partial charge in [-0.1, -0.05) is 18.2 Å². The van der Waals surface area contributed by atoms with Gasteiger partial charge in [-0.15, -0.1) is 12.4 Å². The van der Waals surface area contributed by atoms with Crippen molar-refractivity contribution in [3.8, 4) is 0 Å². The molecule has 138 valence electrons. The van der Waals surface area contributed by atoms with Gasteiger partial charge in [0, 0.05) is 25.3 Å². The zero-order chi connectivity index (χ0) is 16.9. The summed E-state index contributed by atoms with van der Waals surface area (Å²) in [4.78, 5) is 27.0. The third kappa shape index (κ3) is 4.93. The van der Waals surface area contributed by atoms with Crippen LogP contribution in [-0.2, 0) is 14.3 Å². The van der Waals surface area contributed by atoms with Crippen molar-refractivity contribution in [2.24, 2.45) is 5.92 Å². The molecular weight excluding hydrogens is 342 g/mol. The highest BCUT2D eigenvalue weighted by Gasteiger charge is 2.35. The van der Waals surface area contributed by atoms with Crippen LogP contribution in [0, 0.1) is 5.92 Å². The molecular formula is C18H26ClN3O3. The molecule has 2 amide bonds. The molecule has 0 saturated carbocycles. The van der Waals surface area contributed by atoms with E-state index in [4.69, 9.17) is 4.74 Å². The summed E-state index contributed by atoms with van der Waals surface area (Å²) < 4.78 is 5.57. The van der Waals surface area contributed by atoms with Crippen LogP contribution in [0.2, 0.25) is 0 Å². The molecule has 0 spiro atoms. The number of benzene rings is 1. The van der Waals surface area contributed by atoms with Gasteiger partial charge in [0.2, 0.25) is 11.8 Å². The number of hydrogen-bond acceptors (Lipinski definition) is 4. The molecule has 1 aromatic carbocycles. The van der Waals surface area contributed by atoms with Crippen LogP contribution in [0.4, 0.5) is 5.69 Å². The molecule has 3 rings (SSSR count). The molecule has 2 N–H and O–H groups in total. The standard InChI is InChI=1S/C18H25N3O3.ClH/c1-13-16(19-9-11-24-13)18(23)21-10-5-6-14(12-21)17(22)20-15-7-3-2-4-8-15;/h2-4,7-8,13-14,16,19H,5-6,9-12H2,1H3,(H,20,22);1H/t13-,14?,16+;/m1./s1. The third-order valence-corrected chi connectivity index (χ3v) is 4.73. The number of ether oxygens (including phenoxy) is 1. The predicted molar refractivity (Wildman–Crippen MR) is 98.8 cm³/mol. The Labute approximate surface area is 154 Å². The third-order valence-electron chi connectivity index (χ3n) is 4.73. The van der Waals surface area contributed by atoms with E-state index < -0.39 is 0 Å². The summed E-state index contributed by atoms with van der Waals surface area (Å²) in [5.41, 5.74) is 0.793. The van der Waals surface area contributed by atoms with Gasteiger partial charge in [0.1, 0.15) is 6.04 Å². The smallest absolute Gasteiger partial charge is 0.242 e. The van der Waals surface area contributed by atoms with Crippen molar-refractivity contribution in [1.29, 1.82) is 0 Å². The Morgan fingerprint density at radius 1 is 1.28 bits per heavy atom. The summed E-state index contributed by atoms with van der Waals surface area (Å²) >= 11 is 0. The number of piperidine rings is 1. The number of para-hydroxylation sites is 1. The number of carbonyl (C=O) groups excluding carboxylic acids is 2. The molecule has 1 unspecified atom stereocenters. The summed E-state index contributed by atoms with van der Waals surface area (Å²) in [7, 11) is 0. The molecule has 2 saturated heterocycles. The van der Waals surface area contributed by atoms with Crippen LogP contribution in [0.3, 0.4) is 0 Å². The van der Waals surface area contributed by atoms with E-state index in [1.165, 1.54) is 0 Å². The van der Waals surface area contributed by atoms with Gasteiger partial charge in [-0.2, -0.15) is 0 Å². The summed E-state index contributed by atoms with van der Waals surface area (Å²) in [6.07, 6.45) is 1.53. The Hall–Kier alpha value is -1.63. The number of hydrogen-bond donors (Lipinski definition) is 2. The number of nitrogens with one attached hydrogen (secondary N) is 2. The Kier molecular flexibility index (Phi) is 7.23. The lowest BCUT2D eigenvalue weighted by Gasteiger charge is -2.37.